The molecule has 3 rings (SSSR count). The molecule has 8 heteroatoms. The Morgan fingerprint density at radius 3 is 2.43 bits per heavy atom. The first-order valence-electron chi connectivity index (χ1n) is 9.25. The van der Waals surface area contributed by atoms with Crippen LogP contribution in [0.2, 0.25) is 0 Å². The van der Waals surface area contributed by atoms with Crippen LogP contribution in [0.5, 0.6) is 0 Å². The van der Waals surface area contributed by atoms with Gasteiger partial charge in [0.2, 0.25) is 0 Å². The molecule has 0 aliphatic heterocycles. The maximum atomic E-state index is 12.7. The van der Waals surface area contributed by atoms with Crippen LogP contribution in [0.4, 0.5) is 5.69 Å². The van der Waals surface area contributed by atoms with Crippen LogP contribution in [0.1, 0.15) is 28.0 Å². The molecule has 0 radical (unpaired) electrons. The number of nitrogens with zero attached hydrogens (tertiary/aromatic N) is 1. The number of thiazole rings is 1. The summed E-state index contributed by atoms with van der Waals surface area (Å²) in [6, 6.07) is 15.4. The van der Waals surface area contributed by atoms with Crippen LogP contribution in [0.3, 0.4) is 0 Å². The fourth-order valence-electron chi connectivity index (χ4n) is 2.82. The van der Waals surface area contributed by atoms with Gasteiger partial charge in [0.15, 0.2) is 12.4 Å². The lowest BCUT2D eigenvalue weighted by molar-refractivity contribution is -0.147. The standard InChI is InChI=1S/C22H20N2O5S/c1-15-14-30-22(28)24(15)12-11-20(26)29-13-19(25)23-18-10-6-5-9-17(18)21(27)16-7-3-2-4-8-16/h2-10,14H,11-13H2,1H3,(H,23,25). The van der Waals surface area contributed by atoms with Gasteiger partial charge in [0.1, 0.15) is 0 Å². The average Bonchev–Trinajstić information content (AvgIpc) is 3.08. The number of ether oxygens (including phenoxy) is 1. The molecule has 0 unspecified atom stereocenters. The van der Waals surface area contributed by atoms with Crippen LogP contribution in [-0.2, 0) is 20.9 Å². The minimum atomic E-state index is -0.587. The van der Waals surface area contributed by atoms with Crippen molar-refractivity contribution in [1.29, 1.82) is 0 Å². The summed E-state index contributed by atoms with van der Waals surface area (Å²) in [4.78, 5) is 48.3. The van der Waals surface area contributed by atoms with E-state index in [1.165, 1.54) is 4.57 Å². The van der Waals surface area contributed by atoms with Crippen molar-refractivity contribution in [2.75, 3.05) is 11.9 Å². The summed E-state index contributed by atoms with van der Waals surface area (Å²) in [7, 11) is 0. The molecule has 0 saturated carbocycles. The van der Waals surface area contributed by atoms with Gasteiger partial charge in [0, 0.05) is 28.7 Å². The lowest BCUT2D eigenvalue weighted by Crippen LogP contribution is -2.23. The Bertz CT molecular complexity index is 1120. The van der Waals surface area contributed by atoms with Crippen molar-refractivity contribution in [2.45, 2.75) is 19.9 Å². The zero-order valence-electron chi connectivity index (χ0n) is 16.3. The van der Waals surface area contributed by atoms with Gasteiger partial charge in [-0.25, -0.2) is 0 Å². The molecule has 0 bridgehead atoms. The fourth-order valence-corrected chi connectivity index (χ4v) is 3.58. The van der Waals surface area contributed by atoms with Crippen molar-refractivity contribution in [3.05, 3.63) is 86.5 Å². The van der Waals surface area contributed by atoms with Gasteiger partial charge in [-0.05, 0) is 19.1 Å². The monoisotopic (exact) mass is 424 g/mol. The van der Waals surface area contributed by atoms with Gasteiger partial charge >= 0.3 is 10.8 Å². The summed E-state index contributed by atoms with van der Waals surface area (Å²) >= 11 is 1.07. The summed E-state index contributed by atoms with van der Waals surface area (Å²) in [6.45, 7) is 1.50. The second kappa shape index (κ2) is 9.80. The highest BCUT2D eigenvalue weighted by atomic mass is 32.1. The van der Waals surface area contributed by atoms with Crippen molar-refractivity contribution >= 4 is 34.7 Å². The third kappa shape index (κ3) is 5.30. The van der Waals surface area contributed by atoms with Gasteiger partial charge in [-0.15, -0.1) is 0 Å². The number of para-hydroxylation sites is 1. The van der Waals surface area contributed by atoms with Crippen LogP contribution in [0, 0.1) is 6.92 Å². The van der Waals surface area contributed by atoms with Crippen molar-refractivity contribution in [2.24, 2.45) is 0 Å². The Balaban J connectivity index is 1.56. The Kier molecular flexibility index (Phi) is 6.92. The number of hydrogen-bond acceptors (Lipinski definition) is 6. The highest BCUT2D eigenvalue weighted by molar-refractivity contribution is 7.07. The van der Waals surface area contributed by atoms with Gasteiger partial charge in [0.25, 0.3) is 5.91 Å². The minimum absolute atomic E-state index is 0.0200. The number of aryl methyl sites for hydroxylation is 1. The molecule has 1 heterocycles. The number of hydrogen-bond donors (Lipinski definition) is 1. The SMILES string of the molecule is Cc1csc(=O)n1CCC(=O)OCC(=O)Nc1ccccc1C(=O)c1ccccc1. The first kappa shape index (κ1) is 21.2. The highest BCUT2D eigenvalue weighted by Crippen LogP contribution is 2.19. The summed E-state index contributed by atoms with van der Waals surface area (Å²) in [6.07, 6.45) is -0.0200. The molecule has 7 nitrogen and oxygen atoms in total. The van der Waals surface area contributed by atoms with E-state index in [9.17, 15) is 19.2 Å². The Morgan fingerprint density at radius 2 is 1.73 bits per heavy atom. The van der Waals surface area contributed by atoms with Gasteiger partial charge in [-0.1, -0.05) is 53.8 Å². The van der Waals surface area contributed by atoms with E-state index in [-0.39, 0.29) is 23.6 Å². The van der Waals surface area contributed by atoms with Crippen LogP contribution in [0.25, 0.3) is 0 Å². The predicted octanol–water partition coefficient (Wildman–Crippen LogP) is 3.02. The molecule has 30 heavy (non-hydrogen) atoms. The largest absolute Gasteiger partial charge is 0.456 e. The predicted molar refractivity (Wildman–Crippen MR) is 114 cm³/mol. The van der Waals surface area contributed by atoms with Gasteiger partial charge < -0.3 is 14.6 Å². The van der Waals surface area contributed by atoms with Gasteiger partial charge in [-0.2, -0.15) is 0 Å². The van der Waals surface area contributed by atoms with Crippen molar-refractivity contribution in [1.82, 2.24) is 4.57 Å². The summed E-state index contributed by atoms with van der Waals surface area (Å²) in [5.41, 5.74) is 1.96. The zero-order valence-corrected chi connectivity index (χ0v) is 17.1. The molecule has 1 amide bonds. The number of carbonyl (C=O) groups is 3. The van der Waals surface area contributed by atoms with Crippen LogP contribution in [-0.4, -0.2) is 28.8 Å². The zero-order chi connectivity index (χ0) is 21.5. The van der Waals surface area contributed by atoms with Crippen LogP contribution in [0.15, 0.2) is 64.8 Å². The number of ketones is 1. The van der Waals surface area contributed by atoms with E-state index in [2.05, 4.69) is 5.32 Å². The quantitative estimate of drug-likeness (QED) is 0.443. The number of nitrogens with one attached hydrogen (secondary N) is 1. The second-order valence-corrected chi connectivity index (χ2v) is 7.31. The van der Waals surface area contributed by atoms with Crippen LogP contribution < -0.4 is 10.2 Å². The van der Waals surface area contributed by atoms with E-state index in [0.29, 0.717) is 16.8 Å². The first-order valence-corrected chi connectivity index (χ1v) is 10.1. The van der Waals surface area contributed by atoms with E-state index in [0.717, 1.165) is 17.0 Å². The number of benzene rings is 2. The maximum Gasteiger partial charge on any atom is 0.308 e. The Labute approximate surface area is 176 Å². The van der Waals surface area contributed by atoms with E-state index in [4.69, 9.17) is 4.74 Å². The third-order valence-corrected chi connectivity index (χ3v) is 5.24. The molecule has 0 fully saturated rings. The third-order valence-electron chi connectivity index (χ3n) is 4.36. The number of anilines is 1. The topological polar surface area (TPSA) is 94.5 Å². The molecule has 2 aromatic carbocycles. The van der Waals surface area contributed by atoms with Crippen molar-refractivity contribution < 1.29 is 19.1 Å². The Hall–Kier alpha value is -3.52. The lowest BCUT2D eigenvalue weighted by atomic mass is 10.0. The lowest BCUT2D eigenvalue weighted by Gasteiger charge is -2.11. The van der Waals surface area contributed by atoms with Gasteiger partial charge in [-0.3, -0.25) is 19.2 Å². The van der Waals surface area contributed by atoms with E-state index in [1.807, 2.05) is 6.07 Å². The van der Waals surface area contributed by atoms with Crippen LogP contribution >= 0.6 is 11.3 Å². The van der Waals surface area contributed by atoms with E-state index in [1.54, 1.807) is 60.8 Å². The first-order chi connectivity index (χ1) is 14.5. The molecule has 0 aliphatic rings. The maximum absolute atomic E-state index is 12.7. The van der Waals surface area contributed by atoms with Crippen molar-refractivity contribution in [3.63, 3.8) is 0 Å². The minimum Gasteiger partial charge on any atom is -0.456 e. The molecule has 1 N–H and O–H groups in total. The number of rotatable bonds is 8. The number of esters is 1. The Morgan fingerprint density at radius 1 is 1.03 bits per heavy atom. The molecule has 0 atom stereocenters. The second-order valence-electron chi connectivity index (χ2n) is 6.49. The molecular formula is C22H20N2O5S. The fraction of sp³-hybridized carbons (Fsp3) is 0.182. The molecule has 0 aliphatic carbocycles. The van der Waals surface area contributed by atoms with Gasteiger partial charge in [0.05, 0.1) is 12.1 Å². The molecule has 154 valence electrons. The smallest absolute Gasteiger partial charge is 0.308 e. The van der Waals surface area contributed by atoms with E-state index < -0.39 is 18.5 Å². The summed E-state index contributed by atoms with van der Waals surface area (Å²) in [5, 5.41) is 4.33. The molecule has 1 aromatic heterocycles. The molecule has 0 saturated heterocycles. The summed E-state index contributed by atoms with van der Waals surface area (Å²) < 4.78 is 6.47. The summed E-state index contributed by atoms with van der Waals surface area (Å²) in [5.74, 6) is -1.36. The molecular weight excluding hydrogens is 404 g/mol. The highest BCUT2D eigenvalue weighted by Gasteiger charge is 2.16. The number of amides is 1. The number of aromatic nitrogens is 1. The molecule has 3 aromatic rings. The number of carbonyl (C=O) groups excluding carboxylic acids is 3. The average molecular weight is 424 g/mol. The molecule has 0 spiro atoms. The van der Waals surface area contributed by atoms with E-state index >= 15 is 0 Å². The normalized spacial score (nSPS) is 10.4. The van der Waals surface area contributed by atoms with Crippen molar-refractivity contribution in [3.8, 4) is 0 Å².